The Morgan fingerprint density at radius 1 is 0.933 bits per heavy atom. The Bertz CT molecular complexity index is 183. The maximum atomic E-state index is 6.23. The zero-order valence-electron chi connectivity index (χ0n) is 11.3. The molecule has 0 aliphatic heterocycles. The molecule has 0 saturated heterocycles. The van der Waals surface area contributed by atoms with Gasteiger partial charge in [-0.1, -0.05) is 34.6 Å². The van der Waals surface area contributed by atoms with Crippen LogP contribution < -0.4 is 5.73 Å². The van der Waals surface area contributed by atoms with Gasteiger partial charge in [0, 0.05) is 6.04 Å². The van der Waals surface area contributed by atoms with Gasteiger partial charge in [0.05, 0.1) is 0 Å². The van der Waals surface area contributed by atoms with Crippen LogP contribution in [0, 0.1) is 16.7 Å². The van der Waals surface area contributed by atoms with E-state index in [9.17, 15) is 0 Å². The summed E-state index contributed by atoms with van der Waals surface area (Å²) >= 11 is 0. The van der Waals surface area contributed by atoms with Gasteiger partial charge in [-0.05, 0) is 48.9 Å². The van der Waals surface area contributed by atoms with Gasteiger partial charge < -0.3 is 5.73 Å². The first kappa shape index (κ1) is 13.0. The van der Waals surface area contributed by atoms with Crippen molar-refractivity contribution in [1.82, 2.24) is 0 Å². The van der Waals surface area contributed by atoms with E-state index in [1.165, 1.54) is 32.1 Å². The number of nitrogens with two attached hydrogens (primary N) is 1. The predicted molar refractivity (Wildman–Crippen MR) is 67.8 cm³/mol. The lowest BCUT2D eigenvalue weighted by atomic mass is 9.75. The third-order valence-corrected chi connectivity index (χ3v) is 3.90. The molecule has 90 valence electrons. The van der Waals surface area contributed by atoms with Crippen LogP contribution in [-0.2, 0) is 0 Å². The van der Waals surface area contributed by atoms with Gasteiger partial charge in [0.1, 0.15) is 0 Å². The molecule has 0 aromatic carbocycles. The van der Waals surface area contributed by atoms with Crippen molar-refractivity contribution in [1.29, 1.82) is 0 Å². The molecule has 1 fully saturated rings. The second kappa shape index (κ2) is 4.45. The van der Waals surface area contributed by atoms with Crippen molar-refractivity contribution in [2.45, 2.75) is 72.8 Å². The topological polar surface area (TPSA) is 26.0 Å². The molecule has 0 bridgehead atoms. The molecule has 0 spiro atoms. The second-order valence-electron chi connectivity index (χ2n) is 7.34. The van der Waals surface area contributed by atoms with Crippen molar-refractivity contribution in [3.05, 3.63) is 0 Å². The van der Waals surface area contributed by atoms with Gasteiger partial charge in [0.25, 0.3) is 0 Å². The molecule has 1 heteroatoms. The van der Waals surface area contributed by atoms with E-state index >= 15 is 0 Å². The van der Waals surface area contributed by atoms with E-state index < -0.39 is 0 Å². The summed E-state index contributed by atoms with van der Waals surface area (Å²) in [5.41, 5.74) is 7.16. The van der Waals surface area contributed by atoms with Gasteiger partial charge in [-0.25, -0.2) is 0 Å². The summed E-state index contributed by atoms with van der Waals surface area (Å²) in [4.78, 5) is 0. The van der Waals surface area contributed by atoms with Gasteiger partial charge >= 0.3 is 0 Å². The Hall–Kier alpha value is -0.0400. The summed E-state index contributed by atoms with van der Waals surface area (Å²) in [6.45, 7) is 11.9. The molecule has 1 aliphatic rings. The first-order chi connectivity index (χ1) is 6.70. The molecule has 0 aromatic heterocycles. The Kier molecular flexibility index (Phi) is 3.86. The maximum Gasteiger partial charge on any atom is 0.00464 e. The third kappa shape index (κ3) is 4.55. The molecule has 2 atom stereocenters. The highest BCUT2D eigenvalue weighted by atomic mass is 14.6. The van der Waals surface area contributed by atoms with E-state index in [1.807, 2.05) is 0 Å². The highest BCUT2D eigenvalue weighted by molar-refractivity contribution is 4.84. The molecule has 1 rings (SSSR count). The van der Waals surface area contributed by atoms with Crippen LogP contribution in [0.3, 0.4) is 0 Å². The van der Waals surface area contributed by atoms with Crippen LogP contribution in [0.2, 0.25) is 0 Å². The van der Waals surface area contributed by atoms with Gasteiger partial charge in [0.2, 0.25) is 0 Å². The van der Waals surface area contributed by atoms with Crippen LogP contribution in [0.5, 0.6) is 0 Å². The summed E-state index contributed by atoms with van der Waals surface area (Å²) < 4.78 is 0. The van der Waals surface area contributed by atoms with Gasteiger partial charge in [-0.15, -0.1) is 0 Å². The van der Waals surface area contributed by atoms with E-state index in [-0.39, 0.29) is 0 Å². The Balaban J connectivity index is 2.72. The molecule has 1 saturated carbocycles. The van der Waals surface area contributed by atoms with Gasteiger partial charge in [0.15, 0.2) is 0 Å². The van der Waals surface area contributed by atoms with Crippen LogP contribution in [0.1, 0.15) is 66.7 Å². The lowest BCUT2D eigenvalue weighted by Crippen LogP contribution is -2.28. The van der Waals surface area contributed by atoms with Crippen LogP contribution in [0.25, 0.3) is 0 Å². The minimum atomic E-state index is 0.406. The molecule has 0 amide bonds. The van der Waals surface area contributed by atoms with Crippen molar-refractivity contribution in [3.63, 3.8) is 0 Å². The summed E-state index contributed by atoms with van der Waals surface area (Å²) in [5, 5.41) is 0. The zero-order valence-corrected chi connectivity index (χ0v) is 11.3. The number of hydrogen-bond acceptors (Lipinski definition) is 1. The molecule has 0 aromatic rings. The van der Waals surface area contributed by atoms with Crippen molar-refractivity contribution >= 4 is 0 Å². The van der Waals surface area contributed by atoms with E-state index in [0.717, 1.165) is 5.92 Å². The Morgan fingerprint density at radius 3 is 1.93 bits per heavy atom. The fourth-order valence-electron chi connectivity index (χ4n) is 3.22. The number of rotatable bonds is 0. The SMILES string of the molecule is CC1CC(N)CC(C)(C)CCC(C)(C)C1. The van der Waals surface area contributed by atoms with Crippen molar-refractivity contribution in [3.8, 4) is 0 Å². The molecule has 1 nitrogen and oxygen atoms in total. The quantitative estimate of drug-likeness (QED) is 0.644. The molecule has 1 aliphatic carbocycles. The normalized spacial score (nSPS) is 36.4. The standard InChI is InChI=1S/C14H29N/c1-11-8-12(15)10-14(4,5)7-6-13(2,3)9-11/h11-12H,6-10,15H2,1-5H3. The lowest BCUT2D eigenvalue weighted by Gasteiger charge is -2.30. The average Bonchev–Trinajstić information content (AvgIpc) is 1.99. The van der Waals surface area contributed by atoms with E-state index in [4.69, 9.17) is 5.73 Å². The molecule has 2 unspecified atom stereocenters. The highest BCUT2D eigenvalue weighted by Gasteiger charge is 2.30. The first-order valence-corrected chi connectivity index (χ1v) is 6.46. The fourth-order valence-corrected chi connectivity index (χ4v) is 3.22. The highest BCUT2D eigenvalue weighted by Crippen LogP contribution is 2.40. The Labute approximate surface area is 95.8 Å². The monoisotopic (exact) mass is 211 g/mol. The predicted octanol–water partition coefficient (Wildman–Crippen LogP) is 3.97. The van der Waals surface area contributed by atoms with Gasteiger partial charge in [-0.3, -0.25) is 0 Å². The van der Waals surface area contributed by atoms with Crippen LogP contribution >= 0.6 is 0 Å². The van der Waals surface area contributed by atoms with Crippen LogP contribution in [0.4, 0.5) is 0 Å². The largest absolute Gasteiger partial charge is 0.328 e. The molecular weight excluding hydrogens is 182 g/mol. The summed E-state index contributed by atoms with van der Waals surface area (Å²) in [5.74, 6) is 0.781. The zero-order chi connectivity index (χ0) is 11.7. The van der Waals surface area contributed by atoms with Crippen molar-refractivity contribution < 1.29 is 0 Å². The smallest absolute Gasteiger partial charge is 0.00464 e. The van der Waals surface area contributed by atoms with Crippen LogP contribution in [0.15, 0.2) is 0 Å². The molecular formula is C14H29N. The first-order valence-electron chi connectivity index (χ1n) is 6.46. The summed E-state index contributed by atoms with van der Waals surface area (Å²) in [6, 6.07) is 0.406. The summed E-state index contributed by atoms with van der Waals surface area (Å²) in [6.07, 6.45) is 6.38. The number of hydrogen-bond donors (Lipinski definition) is 1. The van der Waals surface area contributed by atoms with Gasteiger partial charge in [-0.2, -0.15) is 0 Å². The molecule has 15 heavy (non-hydrogen) atoms. The fraction of sp³-hybridized carbons (Fsp3) is 1.00. The average molecular weight is 211 g/mol. The molecule has 0 radical (unpaired) electrons. The summed E-state index contributed by atoms with van der Waals surface area (Å²) in [7, 11) is 0. The van der Waals surface area contributed by atoms with E-state index in [1.54, 1.807) is 0 Å². The minimum absolute atomic E-state index is 0.406. The van der Waals surface area contributed by atoms with Crippen LogP contribution in [-0.4, -0.2) is 6.04 Å². The molecule has 2 N–H and O–H groups in total. The van der Waals surface area contributed by atoms with E-state index in [0.29, 0.717) is 16.9 Å². The lowest BCUT2D eigenvalue weighted by molar-refractivity contribution is 0.214. The minimum Gasteiger partial charge on any atom is -0.328 e. The van der Waals surface area contributed by atoms with E-state index in [2.05, 4.69) is 34.6 Å². The third-order valence-electron chi connectivity index (χ3n) is 3.90. The Morgan fingerprint density at radius 2 is 1.40 bits per heavy atom. The second-order valence-corrected chi connectivity index (χ2v) is 7.34. The molecule has 0 heterocycles. The maximum absolute atomic E-state index is 6.23. The van der Waals surface area contributed by atoms with Crippen molar-refractivity contribution in [2.75, 3.05) is 0 Å². The van der Waals surface area contributed by atoms with Crippen molar-refractivity contribution in [2.24, 2.45) is 22.5 Å².